The van der Waals surface area contributed by atoms with E-state index in [-0.39, 0.29) is 0 Å². The number of hydrogen-bond acceptors (Lipinski definition) is 3. The molecule has 0 bridgehead atoms. The molecule has 0 atom stereocenters. The summed E-state index contributed by atoms with van der Waals surface area (Å²) in [5.41, 5.74) is 3.78. The molecule has 1 rings (SSSR count). The molecule has 0 heterocycles. The summed E-state index contributed by atoms with van der Waals surface area (Å²) in [6, 6.07) is 5.09. The van der Waals surface area contributed by atoms with E-state index in [4.69, 9.17) is 4.74 Å². The minimum atomic E-state index is -5.06. The third-order valence-corrected chi connectivity index (χ3v) is 2.64. The number of amides is 2. The average molecular weight is 355 g/mol. The van der Waals surface area contributed by atoms with E-state index in [1.165, 1.54) is 5.43 Å². The van der Waals surface area contributed by atoms with Gasteiger partial charge in [0.05, 0.1) is 4.47 Å². The highest BCUT2D eigenvalue weighted by Gasteiger charge is 2.38. The van der Waals surface area contributed by atoms with Crippen LogP contribution in [0.4, 0.5) is 13.2 Å². The average Bonchev–Trinajstić information content (AvgIpc) is 2.33. The van der Waals surface area contributed by atoms with Gasteiger partial charge in [0.1, 0.15) is 5.75 Å². The van der Waals surface area contributed by atoms with Gasteiger partial charge in [-0.2, -0.15) is 13.2 Å². The molecule has 20 heavy (non-hydrogen) atoms. The second-order valence-electron chi connectivity index (χ2n) is 3.72. The number of aryl methyl sites for hydroxylation is 1. The number of hydrogen-bond donors (Lipinski definition) is 2. The van der Waals surface area contributed by atoms with Crippen molar-refractivity contribution in [3.63, 3.8) is 0 Å². The molecule has 0 unspecified atom stereocenters. The predicted molar refractivity (Wildman–Crippen MR) is 66.7 cm³/mol. The van der Waals surface area contributed by atoms with E-state index in [0.717, 1.165) is 5.56 Å². The third-order valence-electron chi connectivity index (χ3n) is 2.02. The molecule has 0 saturated carbocycles. The van der Waals surface area contributed by atoms with Crippen molar-refractivity contribution >= 4 is 27.7 Å². The summed E-state index contributed by atoms with van der Waals surface area (Å²) in [7, 11) is 0. The number of carbonyl (C=O) groups excluding carboxylic acids is 2. The molecule has 5 nitrogen and oxygen atoms in total. The predicted octanol–water partition coefficient (Wildman–Crippen LogP) is 1.85. The van der Waals surface area contributed by atoms with Gasteiger partial charge in [-0.1, -0.05) is 6.07 Å². The van der Waals surface area contributed by atoms with Crippen LogP contribution in [0, 0.1) is 6.92 Å². The van der Waals surface area contributed by atoms with Gasteiger partial charge in [0.15, 0.2) is 6.61 Å². The van der Waals surface area contributed by atoms with Gasteiger partial charge >= 0.3 is 12.1 Å². The fourth-order valence-electron chi connectivity index (χ4n) is 1.10. The zero-order chi connectivity index (χ0) is 15.3. The van der Waals surface area contributed by atoms with E-state index < -0.39 is 24.6 Å². The molecule has 0 spiro atoms. The summed E-state index contributed by atoms with van der Waals surface area (Å²) in [6.45, 7) is 1.31. The van der Waals surface area contributed by atoms with E-state index in [2.05, 4.69) is 15.9 Å². The smallest absolute Gasteiger partial charge is 0.472 e. The van der Waals surface area contributed by atoms with Gasteiger partial charge in [-0.05, 0) is 40.5 Å². The van der Waals surface area contributed by atoms with Crippen molar-refractivity contribution in [2.24, 2.45) is 0 Å². The molecule has 1 aromatic rings. The van der Waals surface area contributed by atoms with Crippen molar-refractivity contribution in [2.75, 3.05) is 6.61 Å². The fraction of sp³-hybridized carbons (Fsp3) is 0.273. The van der Waals surface area contributed by atoms with Gasteiger partial charge in [-0.15, -0.1) is 0 Å². The van der Waals surface area contributed by atoms with Gasteiger partial charge in [0, 0.05) is 0 Å². The lowest BCUT2D eigenvalue weighted by atomic mass is 10.2. The number of halogens is 4. The fourth-order valence-corrected chi connectivity index (χ4v) is 1.71. The molecule has 2 amide bonds. The maximum Gasteiger partial charge on any atom is 0.472 e. The summed E-state index contributed by atoms with van der Waals surface area (Å²) < 4.78 is 41.2. The number of alkyl halides is 3. The Balaban J connectivity index is 2.42. The zero-order valence-corrected chi connectivity index (χ0v) is 11.8. The first-order valence-corrected chi connectivity index (χ1v) is 6.04. The second kappa shape index (κ2) is 6.60. The normalized spacial score (nSPS) is 10.8. The lowest BCUT2D eigenvalue weighted by molar-refractivity contribution is -0.175. The van der Waals surface area contributed by atoms with Crippen LogP contribution in [0.2, 0.25) is 0 Å². The van der Waals surface area contributed by atoms with Crippen molar-refractivity contribution in [3.8, 4) is 5.75 Å². The van der Waals surface area contributed by atoms with Crippen LogP contribution >= 0.6 is 15.9 Å². The van der Waals surface area contributed by atoms with Crippen molar-refractivity contribution < 1.29 is 27.5 Å². The topological polar surface area (TPSA) is 67.4 Å². The van der Waals surface area contributed by atoms with E-state index in [1.807, 2.05) is 6.92 Å². The molecule has 9 heteroatoms. The molecule has 110 valence electrons. The SMILES string of the molecule is Cc1ccc(OCC(=O)NNC(=O)C(F)(F)F)c(Br)c1. The van der Waals surface area contributed by atoms with Crippen LogP contribution in [0.15, 0.2) is 22.7 Å². The molecule has 0 saturated heterocycles. The van der Waals surface area contributed by atoms with Crippen LogP contribution in [0.25, 0.3) is 0 Å². The number of carbonyl (C=O) groups is 2. The Labute approximate surface area is 120 Å². The van der Waals surface area contributed by atoms with Gasteiger partial charge in [-0.3, -0.25) is 20.4 Å². The first kappa shape index (κ1) is 16.3. The third kappa shape index (κ3) is 5.08. The van der Waals surface area contributed by atoms with Crippen molar-refractivity contribution in [2.45, 2.75) is 13.1 Å². The molecular formula is C11H10BrF3N2O3. The van der Waals surface area contributed by atoms with Gasteiger partial charge in [0.25, 0.3) is 5.91 Å². The van der Waals surface area contributed by atoms with Gasteiger partial charge < -0.3 is 4.74 Å². The Kier molecular flexibility index (Phi) is 5.37. The number of benzene rings is 1. The van der Waals surface area contributed by atoms with Crippen molar-refractivity contribution in [3.05, 3.63) is 28.2 Å². The van der Waals surface area contributed by atoms with E-state index in [1.54, 1.807) is 23.6 Å². The Morgan fingerprint density at radius 3 is 2.50 bits per heavy atom. The molecule has 0 aliphatic carbocycles. The van der Waals surface area contributed by atoms with Crippen LogP contribution in [0.1, 0.15) is 5.56 Å². The molecular weight excluding hydrogens is 345 g/mol. The van der Waals surface area contributed by atoms with Crippen molar-refractivity contribution in [1.82, 2.24) is 10.9 Å². The lowest BCUT2D eigenvalue weighted by Crippen LogP contribution is -2.49. The Bertz CT molecular complexity index is 520. The monoisotopic (exact) mass is 354 g/mol. The molecule has 0 radical (unpaired) electrons. The highest BCUT2D eigenvalue weighted by atomic mass is 79.9. The lowest BCUT2D eigenvalue weighted by Gasteiger charge is -2.11. The molecule has 0 aromatic heterocycles. The summed E-state index contributed by atoms with van der Waals surface area (Å²) in [5, 5.41) is 0. The molecule has 1 aromatic carbocycles. The highest BCUT2D eigenvalue weighted by Crippen LogP contribution is 2.25. The molecule has 0 aliphatic rings. The molecule has 0 aliphatic heterocycles. The van der Waals surface area contributed by atoms with Crippen LogP contribution in [-0.4, -0.2) is 24.6 Å². The Hall–Kier alpha value is -1.77. The van der Waals surface area contributed by atoms with Gasteiger partial charge in [-0.25, -0.2) is 0 Å². The quantitative estimate of drug-likeness (QED) is 0.814. The maximum absolute atomic E-state index is 11.8. The first-order chi connectivity index (χ1) is 9.20. The van der Waals surface area contributed by atoms with Gasteiger partial charge in [0.2, 0.25) is 0 Å². The first-order valence-electron chi connectivity index (χ1n) is 5.25. The number of nitrogens with one attached hydrogen (secondary N) is 2. The maximum atomic E-state index is 11.8. The van der Waals surface area contributed by atoms with E-state index >= 15 is 0 Å². The van der Waals surface area contributed by atoms with E-state index in [9.17, 15) is 22.8 Å². The Morgan fingerprint density at radius 1 is 1.30 bits per heavy atom. The Morgan fingerprint density at radius 2 is 1.95 bits per heavy atom. The minimum absolute atomic E-state index is 0.355. The summed E-state index contributed by atoms with van der Waals surface area (Å²) in [6.07, 6.45) is -5.06. The minimum Gasteiger partial charge on any atom is -0.483 e. The highest BCUT2D eigenvalue weighted by molar-refractivity contribution is 9.10. The largest absolute Gasteiger partial charge is 0.483 e. The van der Waals surface area contributed by atoms with Crippen LogP contribution < -0.4 is 15.6 Å². The van der Waals surface area contributed by atoms with Crippen molar-refractivity contribution in [1.29, 1.82) is 0 Å². The summed E-state index contributed by atoms with van der Waals surface area (Å²) >= 11 is 3.21. The number of ether oxygens (including phenoxy) is 1. The van der Waals surface area contributed by atoms with Crippen LogP contribution in [-0.2, 0) is 9.59 Å². The van der Waals surface area contributed by atoms with E-state index in [0.29, 0.717) is 10.2 Å². The number of hydrazine groups is 1. The second-order valence-corrected chi connectivity index (χ2v) is 4.58. The summed E-state index contributed by atoms with van der Waals surface area (Å²) in [5.74, 6) is -2.83. The summed E-state index contributed by atoms with van der Waals surface area (Å²) in [4.78, 5) is 21.6. The standard InChI is InChI=1S/C11H10BrF3N2O3/c1-6-2-3-8(7(12)4-6)20-5-9(18)16-17-10(19)11(13,14)15/h2-4H,5H2,1H3,(H,16,18)(H,17,19). The number of rotatable bonds is 3. The molecule has 0 fully saturated rings. The molecule has 2 N–H and O–H groups in total. The zero-order valence-electron chi connectivity index (χ0n) is 10.2. The van der Waals surface area contributed by atoms with Crippen LogP contribution in [0.3, 0.4) is 0 Å². The van der Waals surface area contributed by atoms with Crippen LogP contribution in [0.5, 0.6) is 5.75 Å².